The average Bonchev–Trinajstić information content (AvgIpc) is 3.12. The molecule has 0 spiro atoms. The number of ether oxygens (including phenoxy) is 1. The molecule has 138 valence electrons. The Morgan fingerprint density at radius 1 is 1.23 bits per heavy atom. The molecule has 1 aromatic heterocycles. The van der Waals surface area contributed by atoms with Gasteiger partial charge >= 0.3 is 5.97 Å². The Morgan fingerprint density at radius 3 is 2.38 bits per heavy atom. The number of Topliss-reactive ketones (excluding diaryl/α,β-unsaturated/α-hetero) is 1. The highest BCUT2D eigenvalue weighted by molar-refractivity contribution is 7.10. The molecule has 0 unspecified atom stereocenters. The summed E-state index contributed by atoms with van der Waals surface area (Å²) >= 11 is 1.04. The first-order valence-electron chi connectivity index (χ1n) is 7.91. The van der Waals surface area contributed by atoms with Crippen molar-refractivity contribution in [3.63, 3.8) is 0 Å². The summed E-state index contributed by atoms with van der Waals surface area (Å²) in [6.45, 7) is 2.11. The van der Waals surface area contributed by atoms with Crippen molar-refractivity contribution in [1.29, 1.82) is 0 Å². The van der Waals surface area contributed by atoms with E-state index in [1.165, 1.54) is 44.2 Å². The summed E-state index contributed by atoms with van der Waals surface area (Å²) in [5.41, 5.74) is -3.26. The normalized spacial score (nSPS) is 14.5. The van der Waals surface area contributed by atoms with Crippen LogP contribution in [0.1, 0.15) is 35.0 Å². The van der Waals surface area contributed by atoms with E-state index in [9.17, 15) is 19.7 Å². The van der Waals surface area contributed by atoms with Crippen LogP contribution in [0.25, 0.3) is 0 Å². The van der Waals surface area contributed by atoms with Crippen LogP contribution in [0.5, 0.6) is 0 Å². The molecule has 1 aromatic carbocycles. The topological polar surface area (TPSA) is 86.5 Å². The van der Waals surface area contributed by atoms with Crippen molar-refractivity contribution in [2.75, 3.05) is 6.54 Å². The van der Waals surface area contributed by atoms with E-state index in [1.807, 2.05) is 0 Å². The number of nitrogens with zero attached hydrogens (tertiary/aromatic N) is 1. The van der Waals surface area contributed by atoms with E-state index in [2.05, 4.69) is 0 Å². The highest BCUT2D eigenvalue weighted by atomic mass is 32.1. The number of ketones is 1. The van der Waals surface area contributed by atoms with Crippen molar-refractivity contribution in [2.24, 2.45) is 0 Å². The molecule has 8 heteroatoms. The third-order valence-corrected chi connectivity index (χ3v) is 4.69. The monoisotopic (exact) mass is 379 g/mol. The summed E-state index contributed by atoms with van der Waals surface area (Å²) < 4.78 is 21.1. The molecule has 0 bridgehead atoms. The number of nitro groups is 1. The SMILES string of the molecule is CC(C)OC(=O)[C@@](F)(C(=O)c1ccccc1)[C@H](C[N+](=O)[O-])c1cccs1. The van der Waals surface area contributed by atoms with Crippen LogP contribution in [0.2, 0.25) is 0 Å². The average molecular weight is 379 g/mol. The number of halogens is 1. The minimum atomic E-state index is -3.20. The maximum Gasteiger partial charge on any atom is 0.353 e. The molecule has 0 saturated heterocycles. The van der Waals surface area contributed by atoms with Crippen molar-refractivity contribution < 1.29 is 23.6 Å². The van der Waals surface area contributed by atoms with Crippen molar-refractivity contribution >= 4 is 23.1 Å². The Hall–Kier alpha value is -2.61. The quantitative estimate of drug-likeness (QED) is 0.230. The highest BCUT2D eigenvalue weighted by Crippen LogP contribution is 2.39. The molecule has 2 atom stereocenters. The fourth-order valence-corrected chi connectivity index (χ4v) is 3.42. The van der Waals surface area contributed by atoms with Gasteiger partial charge in [0.2, 0.25) is 12.3 Å². The summed E-state index contributed by atoms with van der Waals surface area (Å²) in [7, 11) is 0. The van der Waals surface area contributed by atoms with Gasteiger partial charge in [0.05, 0.1) is 6.10 Å². The van der Waals surface area contributed by atoms with Gasteiger partial charge in [-0.05, 0) is 25.3 Å². The van der Waals surface area contributed by atoms with Gasteiger partial charge in [0.1, 0.15) is 5.92 Å². The van der Waals surface area contributed by atoms with Crippen LogP contribution < -0.4 is 0 Å². The molecule has 0 amide bonds. The molecule has 2 aromatic rings. The van der Waals surface area contributed by atoms with Crippen LogP contribution in [-0.4, -0.2) is 35.0 Å². The van der Waals surface area contributed by atoms with Crippen LogP contribution >= 0.6 is 11.3 Å². The second-order valence-corrected chi connectivity index (χ2v) is 6.92. The van der Waals surface area contributed by atoms with E-state index in [-0.39, 0.29) is 10.4 Å². The van der Waals surface area contributed by atoms with Gasteiger partial charge in [0.15, 0.2) is 0 Å². The van der Waals surface area contributed by atoms with Crippen molar-refractivity contribution in [2.45, 2.75) is 31.5 Å². The predicted octanol–water partition coefficient (Wildman–Crippen LogP) is 3.65. The van der Waals surface area contributed by atoms with Gasteiger partial charge in [0.25, 0.3) is 5.67 Å². The summed E-state index contributed by atoms with van der Waals surface area (Å²) in [5.74, 6) is -4.15. The van der Waals surface area contributed by atoms with Crippen molar-refractivity contribution in [3.05, 3.63) is 68.4 Å². The number of hydrogen-bond acceptors (Lipinski definition) is 6. The standard InChI is InChI=1S/C18H18FNO5S/c1-12(2)25-17(22)18(19,16(21)13-7-4-3-5-8-13)14(11-20(23)24)15-9-6-10-26-15/h3-10,12,14H,11H2,1-2H3/t14-,18+/m1/s1. The molecule has 0 aliphatic heterocycles. The Bertz CT molecular complexity index is 778. The van der Waals surface area contributed by atoms with Crippen molar-refractivity contribution in [1.82, 2.24) is 0 Å². The Balaban J connectivity index is 2.59. The fourth-order valence-electron chi connectivity index (χ4n) is 2.54. The Morgan fingerprint density at radius 2 is 1.88 bits per heavy atom. The largest absolute Gasteiger partial charge is 0.460 e. The van der Waals surface area contributed by atoms with E-state index in [0.29, 0.717) is 0 Å². The van der Waals surface area contributed by atoms with Gasteiger partial charge < -0.3 is 4.74 Å². The molecule has 0 aliphatic carbocycles. The number of thiophene rings is 1. The highest BCUT2D eigenvalue weighted by Gasteiger charge is 2.58. The number of benzene rings is 1. The summed E-state index contributed by atoms with van der Waals surface area (Å²) in [5, 5.41) is 12.7. The minimum absolute atomic E-state index is 0.0550. The zero-order valence-electron chi connectivity index (χ0n) is 14.3. The second-order valence-electron chi connectivity index (χ2n) is 5.94. The lowest BCUT2D eigenvalue weighted by molar-refractivity contribution is -0.485. The van der Waals surface area contributed by atoms with E-state index < -0.39 is 40.9 Å². The van der Waals surface area contributed by atoms with Gasteiger partial charge in [-0.25, -0.2) is 9.18 Å². The first-order valence-corrected chi connectivity index (χ1v) is 8.79. The molecule has 0 radical (unpaired) electrons. The fraction of sp³-hybridized carbons (Fsp3) is 0.333. The van der Waals surface area contributed by atoms with Gasteiger partial charge in [-0.3, -0.25) is 14.9 Å². The third-order valence-electron chi connectivity index (χ3n) is 3.70. The van der Waals surface area contributed by atoms with Crippen LogP contribution in [0.15, 0.2) is 47.8 Å². The van der Waals surface area contributed by atoms with E-state index in [1.54, 1.807) is 17.5 Å². The third kappa shape index (κ3) is 4.13. The summed E-state index contributed by atoms with van der Waals surface area (Å²) in [4.78, 5) is 36.1. The van der Waals surface area contributed by atoms with E-state index >= 15 is 4.39 Å². The lowest BCUT2D eigenvalue weighted by atomic mass is 9.81. The minimum Gasteiger partial charge on any atom is -0.460 e. The van der Waals surface area contributed by atoms with E-state index in [4.69, 9.17) is 4.74 Å². The van der Waals surface area contributed by atoms with Crippen molar-refractivity contribution in [3.8, 4) is 0 Å². The number of alkyl halides is 1. The molecule has 0 fully saturated rings. The number of carbonyl (C=O) groups excluding carboxylic acids is 2. The predicted molar refractivity (Wildman–Crippen MR) is 94.8 cm³/mol. The summed E-state index contributed by atoms with van der Waals surface area (Å²) in [6.07, 6.45) is -0.680. The number of esters is 1. The lowest BCUT2D eigenvalue weighted by Gasteiger charge is -2.28. The smallest absolute Gasteiger partial charge is 0.353 e. The van der Waals surface area contributed by atoms with Gasteiger partial charge in [-0.1, -0.05) is 36.4 Å². The lowest BCUT2D eigenvalue weighted by Crippen LogP contribution is -2.51. The molecular formula is C18H18FNO5S. The first kappa shape index (κ1) is 19.7. The van der Waals surface area contributed by atoms with Crippen LogP contribution in [-0.2, 0) is 9.53 Å². The molecule has 0 saturated carbocycles. The molecule has 2 rings (SSSR count). The Kier molecular flexibility index (Phi) is 6.20. The molecular weight excluding hydrogens is 361 g/mol. The molecule has 1 heterocycles. The van der Waals surface area contributed by atoms with Gasteiger partial charge in [0, 0.05) is 15.4 Å². The molecule has 0 aliphatic rings. The van der Waals surface area contributed by atoms with Crippen LogP contribution in [0, 0.1) is 10.1 Å². The molecule has 26 heavy (non-hydrogen) atoms. The molecule has 0 N–H and O–H groups in total. The van der Waals surface area contributed by atoms with Crippen LogP contribution in [0.4, 0.5) is 4.39 Å². The first-order chi connectivity index (χ1) is 12.3. The number of hydrogen-bond donors (Lipinski definition) is 0. The zero-order valence-corrected chi connectivity index (χ0v) is 15.1. The zero-order chi connectivity index (χ0) is 19.3. The van der Waals surface area contributed by atoms with Gasteiger partial charge in [-0.15, -0.1) is 11.3 Å². The Labute approximate surface area is 153 Å². The number of rotatable bonds is 8. The molecule has 6 nitrogen and oxygen atoms in total. The number of carbonyl (C=O) groups is 2. The van der Waals surface area contributed by atoms with E-state index in [0.717, 1.165) is 11.3 Å². The maximum absolute atomic E-state index is 16.1. The van der Waals surface area contributed by atoms with Gasteiger partial charge in [-0.2, -0.15) is 0 Å². The van der Waals surface area contributed by atoms with Crippen LogP contribution in [0.3, 0.4) is 0 Å². The second kappa shape index (κ2) is 8.18. The summed E-state index contributed by atoms with van der Waals surface area (Å²) in [6, 6.07) is 10.4. The maximum atomic E-state index is 16.1.